The van der Waals surface area contributed by atoms with Crippen LogP contribution in [0.3, 0.4) is 0 Å². The highest BCUT2D eigenvalue weighted by molar-refractivity contribution is 7.04. The molecule has 1 saturated heterocycles. The average molecular weight is 282 g/mol. The molecule has 2 rings (SSSR count). The maximum atomic E-state index is 12.2. The summed E-state index contributed by atoms with van der Waals surface area (Å²) in [6, 6.07) is 0.586. The number of carbonyl (C=O) groups excluding carboxylic acids is 1. The van der Waals surface area contributed by atoms with E-state index in [1.807, 2.05) is 7.05 Å². The molecule has 0 radical (unpaired) electrons. The maximum Gasteiger partial charge on any atom is 0.258 e. The van der Waals surface area contributed by atoms with E-state index in [9.17, 15) is 4.79 Å². The van der Waals surface area contributed by atoms with Gasteiger partial charge in [-0.05, 0) is 44.3 Å². The van der Waals surface area contributed by atoms with Crippen LogP contribution in [0.4, 0.5) is 5.82 Å². The molecule has 0 saturated carbocycles. The zero-order valence-electron chi connectivity index (χ0n) is 11.8. The van der Waals surface area contributed by atoms with Gasteiger partial charge in [-0.1, -0.05) is 0 Å². The zero-order chi connectivity index (χ0) is 14.0. The molecule has 1 aliphatic rings. The Hall–Kier alpha value is -1.14. The number of nitrogen functional groups attached to an aromatic ring is 1. The van der Waals surface area contributed by atoms with E-state index in [2.05, 4.69) is 23.1 Å². The van der Waals surface area contributed by atoms with Crippen LogP contribution in [-0.4, -0.2) is 52.8 Å². The fourth-order valence-corrected chi connectivity index (χ4v) is 3.15. The van der Waals surface area contributed by atoms with Gasteiger partial charge in [0.1, 0.15) is 5.82 Å². The Labute approximate surface area is 118 Å². The van der Waals surface area contributed by atoms with Gasteiger partial charge in [0.15, 0.2) is 0 Å². The van der Waals surface area contributed by atoms with Crippen LogP contribution in [-0.2, 0) is 0 Å². The van der Waals surface area contributed by atoms with Crippen molar-refractivity contribution in [1.82, 2.24) is 14.2 Å². The predicted octanol–water partition coefficient (Wildman–Crippen LogP) is 1.53. The number of aromatic nitrogens is 1. The third kappa shape index (κ3) is 3.25. The Morgan fingerprint density at radius 1 is 1.68 bits per heavy atom. The summed E-state index contributed by atoms with van der Waals surface area (Å²) >= 11 is 1.23. The smallest absolute Gasteiger partial charge is 0.258 e. The SMILES string of the molecule is CC(C)N1CC[C@@H](CN(C)C(=O)c2csnc2N)C1. The Morgan fingerprint density at radius 2 is 2.42 bits per heavy atom. The van der Waals surface area contributed by atoms with Crippen molar-refractivity contribution in [2.45, 2.75) is 26.3 Å². The lowest BCUT2D eigenvalue weighted by Crippen LogP contribution is -2.34. The molecule has 2 heterocycles. The third-order valence-corrected chi connectivity index (χ3v) is 4.40. The summed E-state index contributed by atoms with van der Waals surface area (Å²) in [4.78, 5) is 16.5. The molecule has 0 aliphatic carbocycles. The number of hydrogen-bond donors (Lipinski definition) is 1. The van der Waals surface area contributed by atoms with E-state index in [1.54, 1.807) is 10.3 Å². The van der Waals surface area contributed by atoms with Crippen molar-refractivity contribution in [2.75, 3.05) is 32.4 Å². The molecule has 19 heavy (non-hydrogen) atoms. The van der Waals surface area contributed by atoms with Crippen molar-refractivity contribution in [2.24, 2.45) is 5.92 Å². The quantitative estimate of drug-likeness (QED) is 0.909. The van der Waals surface area contributed by atoms with Gasteiger partial charge in [-0.15, -0.1) is 0 Å². The molecule has 1 aromatic heterocycles. The molecule has 0 aromatic carbocycles. The lowest BCUT2D eigenvalue weighted by Gasteiger charge is -2.23. The van der Waals surface area contributed by atoms with E-state index in [-0.39, 0.29) is 5.91 Å². The minimum absolute atomic E-state index is 0.0192. The van der Waals surface area contributed by atoms with Crippen LogP contribution in [0.2, 0.25) is 0 Å². The first-order valence-electron chi connectivity index (χ1n) is 6.68. The van der Waals surface area contributed by atoms with Crippen molar-refractivity contribution in [3.05, 3.63) is 10.9 Å². The van der Waals surface area contributed by atoms with Gasteiger partial charge in [-0.2, -0.15) is 4.37 Å². The second-order valence-corrected chi connectivity index (χ2v) is 6.17. The fraction of sp³-hybridized carbons (Fsp3) is 0.692. The molecule has 1 atom stereocenters. The molecule has 1 fully saturated rings. The number of hydrogen-bond acceptors (Lipinski definition) is 5. The van der Waals surface area contributed by atoms with Gasteiger partial charge in [-0.25, -0.2) is 0 Å². The van der Waals surface area contributed by atoms with Crippen LogP contribution >= 0.6 is 11.5 Å². The van der Waals surface area contributed by atoms with E-state index < -0.39 is 0 Å². The van der Waals surface area contributed by atoms with Crippen LogP contribution in [0.15, 0.2) is 5.38 Å². The van der Waals surface area contributed by atoms with Crippen molar-refractivity contribution >= 4 is 23.3 Å². The first-order chi connectivity index (χ1) is 8.99. The molecule has 0 spiro atoms. The molecule has 6 heteroatoms. The number of carbonyl (C=O) groups is 1. The van der Waals surface area contributed by atoms with Gasteiger partial charge < -0.3 is 15.5 Å². The van der Waals surface area contributed by atoms with Crippen LogP contribution in [0, 0.1) is 5.92 Å². The fourth-order valence-electron chi connectivity index (χ4n) is 2.56. The highest BCUT2D eigenvalue weighted by Crippen LogP contribution is 2.21. The summed E-state index contributed by atoms with van der Waals surface area (Å²) in [5.41, 5.74) is 6.23. The molecule has 1 aromatic rings. The van der Waals surface area contributed by atoms with Crippen LogP contribution in [0.1, 0.15) is 30.6 Å². The van der Waals surface area contributed by atoms with Gasteiger partial charge in [0.05, 0.1) is 5.56 Å². The Balaban J connectivity index is 1.90. The third-order valence-electron chi connectivity index (χ3n) is 3.75. The molecule has 1 amide bonds. The van der Waals surface area contributed by atoms with Crippen LogP contribution in [0.25, 0.3) is 0 Å². The van der Waals surface area contributed by atoms with E-state index >= 15 is 0 Å². The molecule has 5 nitrogen and oxygen atoms in total. The zero-order valence-corrected chi connectivity index (χ0v) is 12.6. The largest absolute Gasteiger partial charge is 0.382 e. The minimum Gasteiger partial charge on any atom is -0.382 e. The monoisotopic (exact) mass is 282 g/mol. The maximum absolute atomic E-state index is 12.2. The second-order valence-electron chi connectivity index (χ2n) is 5.54. The highest BCUT2D eigenvalue weighted by atomic mass is 32.1. The molecule has 0 bridgehead atoms. The summed E-state index contributed by atoms with van der Waals surface area (Å²) < 4.78 is 3.95. The lowest BCUT2D eigenvalue weighted by molar-refractivity contribution is 0.0774. The van der Waals surface area contributed by atoms with Gasteiger partial charge in [-0.3, -0.25) is 4.79 Å². The second kappa shape index (κ2) is 5.88. The van der Waals surface area contributed by atoms with Gasteiger partial charge in [0, 0.05) is 31.6 Å². The van der Waals surface area contributed by atoms with E-state index in [0.29, 0.717) is 23.3 Å². The first kappa shape index (κ1) is 14.3. The summed E-state index contributed by atoms with van der Waals surface area (Å²) in [7, 11) is 1.84. The molecule has 0 unspecified atom stereocenters. The predicted molar refractivity (Wildman–Crippen MR) is 78.3 cm³/mol. The van der Waals surface area contributed by atoms with Crippen molar-refractivity contribution < 1.29 is 4.79 Å². The van der Waals surface area contributed by atoms with Crippen LogP contribution < -0.4 is 5.73 Å². The number of amides is 1. The summed E-state index contributed by atoms with van der Waals surface area (Å²) in [5.74, 6) is 0.885. The Morgan fingerprint density at radius 3 is 2.95 bits per heavy atom. The number of likely N-dealkylation sites (tertiary alicyclic amines) is 1. The van der Waals surface area contributed by atoms with E-state index in [4.69, 9.17) is 5.73 Å². The number of nitrogens with zero attached hydrogens (tertiary/aromatic N) is 3. The van der Waals surface area contributed by atoms with Gasteiger partial charge in [0.25, 0.3) is 5.91 Å². The molecular weight excluding hydrogens is 260 g/mol. The van der Waals surface area contributed by atoms with Crippen molar-refractivity contribution in [3.8, 4) is 0 Å². The molecule has 106 valence electrons. The minimum atomic E-state index is -0.0192. The summed E-state index contributed by atoms with van der Waals surface area (Å²) in [6.45, 7) is 7.43. The van der Waals surface area contributed by atoms with Gasteiger partial charge >= 0.3 is 0 Å². The van der Waals surface area contributed by atoms with E-state index in [1.165, 1.54) is 11.5 Å². The molecule has 2 N–H and O–H groups in total. The summed E-state index contributed by atoms with van der Waals surface area (Å²) in [6.07, 6.45) is 1.16. The normalized spacial score (nSPS) is 20.1. The standard InChI is InChI=1S/C13H22N4OS/c1-9(2)17-5-4-10(7-17)6-16(3)13(18)11-8-19-15-12(11)14/h8-10H,4-7H2,1-3H3,(H2,14,15)/t10-/m0/s1. The lowest BCUT2D eigenvalue weighted by atomic mass is 10.1. The molecule has 1 aliphatic heterocycles. The number of nitrogens with two attached hydrogens (primary N) is 1. The first-order valence-corrected chi connectivity index (χ1v) is 7.52. The molecular formula is C13H22N4OS. The average Bonchev–Trinajstić information content (AvgIpc) is 2.97. The highest BCUT2D eigenvalue weighted by Gasteiger charge is 2.27. The van der Waals surface area contributed by atoms with Gasteiger partial charge in [0.2, 0.25) is 0 Å². The number of rotatable bonds is 4. The van der Waals surface area contributed by atoms with Crippen LogP contribution in [0.5, 0.6) is 0 Å². The summed E-state index contributed by atoms with van der Waals surface area (Å²) in [5, 5.41) is 1.73. The van der Waals surface area contributed by atoms with Crippen molar-refractivity contribution in [1.29, 1.82) is 0 Å². The topological polar surface area (TPSA) is 62.5 Å². The number of anilines is 1. The Kier molecular flexibility index (Phi) is 4.42. The van der Waals surface area contributed by atoms with E-state index in [0.717, 1.165) is 26.1 Å². The Bertz CT molecular complexity index is 446. The van der Waals surface area contributed by atoms with Crippen molar-refractivity contribution in [3.63, 3.8) is 0 Å².